The molecule has 0 unspecified atom stereocenters. The van der Waals surface area contributed by atoms with Gasteiger partial charge in [-0.2, -0.15) is 4.99 Å². The Morgan fingerprint density at radius 2 is 1.56 bits per heavy atom. The fraction of sp³-hybridized carbons (Fsp3) is 0.148. The fourth-order valence-electron chi connectivity index (χ4n) is 3.63. The van der Waals surface area contributed by atoms with Gasteiger partial charge in [-0.15, -0.1) is 0 Å². The number of hydrogen-bond acceptors (Lipinski definition) is 3. The molecule has 3 aromatic carbocycles. The third-order valence-electron chi connectivity index (χ3n) is 5.30. The highest BCUT2D eigenvalue weighted by atomic mass is 32.1. The van der Waals surface area contributed by atoms with Gasteiger partial charge in [-0.25, -0.2) is 0 Å². The summed E-state index contributed by atoms with van der Waals surface area (Å²) in [7, 11) is 0. The molecule has 0 radical (unpaired) electrons. The number of carbonyl (C=O) groups excluding carboxylic acids is 1. The maximum atomic E-state index is 13.4. The molecule has 0 atom stereocenters. The molecular formula is C27H24N2O2S. The second kappa shape index (κ2) is 9.28. The first kappa shape index (κ1) is 21.7. The molecule has 0 aliphatic carbocycles. The minimum Gasteiger partial charge on any atom is -0.269 e. The quantitative estimate of drug-likeness (QED) is 0.406. The van der Waals surface area contributed by atoms with Crippen LogP contribution in [0.3, 0.4) is 0 Å². The smallest absolute Gasteiger partial charge is 0.269 e. The zero-order valence-electron chi connectivity index (χ0n) is 18.3. The number of hydrogen-bond donors (Lipinski definition) is 0. The number of nitrogens with zero attached hydrogens (tertiary/aromatic N) is 2. The van der Waals surface area contributed by atoms with Crippen molar-refractivity contribution >= 4 is 17.2 Å². The van der Waals surface area contributed by atoms with Crippen LogP contribution >= 0.6 is 11.3 Å². The van der Waals surface area contributed by atoms with Crippen LogP contribution in [0.4, 0.5) is 0 Å². The van der Waals surface area contributed by atoms with Gasteiger partial charge in [-0.05, 0) is 47.7 Å². The summed E-state index contributed by atoms with van der Waals surface area (Å²) >= 11 is 1.34. The first-order valence-corrected chi connectivity index (χ1v) is 11.3. The highest BCUT2D eigenvalue weighted by molar-refractivity contribution is 7.12. The van der Waals surface area contributed by atoms with Crippen molar-refractivity contribution in [2.24, 2.45) is 4.99 Å². The van der Waals surface area contributed by atoms with Crippen LogP contribution in [-0.4, -0.2) is 10.5 Å². The average molecular weight is 441 g/mol. The van der Waals surface area contributed by atoms with E-state index in [2.05, 4.69) is 18.8 Å². The van der Waals surface area contributed by atoms with Crippen LogP contribution in [0.1, 0.15) is 41.3 Å². The van der Waals surface area contributed by atoms with Crippen molar-refractivity contribution in [1.29, 1.82) is 0 Å². The molecule has 0 fully saturated rings. The van der Waals surface area contributed by atoms with Crippen LogP contribution in [0, 0.1) is 6.92 Å². The maximum absolute atomic E-state index is 13.4. The molecule has 4 aromatic rings. The number of para-hydroxylation sites is 1. The Kier molecular flexibility index (Phi) is 6.28. The van der Waals surface area contributed by atoms with E-state index in [4.69, 9.17) is 0 Å². The average Bonchev–Trinajstić information content (AvgIpc) is 2.79. The van der Waals surface area contributed by atoms with Crippen molar-refractivity contribution < 1.29 is 4.79 Å². The monoisotopic (exact) mass is 440 g/mol. The van der Waals surface area contributed by atoms with Crippen LogP contribution in [0.25, 0.3) is 16.1 Å². The van der Waals surface area contributed by atoms with Gasteiger partial charge in [0.1, 0.15) is 0 Å². The van der Waals surface area contributed by atoms with E-state index in [0.717, 1.165) is 27.3 Å². The van der Waals surface area contributed by atoms with Gasteiger partial charge in [0.25, 0.3) is 11.5 Å². The zero-order chi connectivity index (χ0) is 22.7. The summed E-state index contributed by atoms with van der Waals surface area (Å²) in [4.78, 5) is 32.0. The first-order valence-electron chi connectivity index (χ1n) is 10.5. The van der Waals surface area contributed by atoms with Gasteiger partial charge in [0.15, 0.2) is 0 Å². The van der Waals surface area contributed by atoms with E-state index in [-0.39, 0.29) is 17.4 Å². The lowest BCUT2D eigenvalue weighted by Crippen LogP contribution is -2.31. The van der Waals surface area contributed by atoms with Gasteiger partial charge in [-0.3, -0.25) is 14.2 Å². The van der Waals surface area contributed by atoms with Gasteiger partial charge in [-0.1, -0.05) is 85.8 Å². The number of carbonyl (C=O) groups is 1. The van der Waals surface area contributed by atoms with E-state index in [0.29, 0.717) is 10.4 Å². The summed E-state index contributed by atoms with van der Waals surface area (Å²) in [5, 5.41) is 0. The Bertz CT molecular complexity index is 1400. The fourth-order valence-corrected chi connectivity index (χ4v) is 4.74. The van der Waals surface area contributed by atoms with Gasteiger partial charge in [0, 0.05) is 16.5 Å². The molecule has 0 bridgehead atoms. The van der Waals surface area contributed by atoms with Crippen LogP contribution in [0.2, 0.25) is 0 Å². The lowest BCUT2D eigenvalue weighted by molar-refractivity contribution is 0.0998. The summed E-state index contributed by atoms with van der Waals surface area (Å²) in [6.07, 6.45) is 0. The molecule has 0 N–H and O–H groups in total. The predicted molar refractivity (Wildman–Crippen MR) is 131 cm³/mol. The molecule has 1 amide bonds. The molecule has 32 heavy (non-hydrogen) atoms. The normalized spacial score (nSPS) is 11.7. The van der Waals surface area contributed by atoms with Crippen molar-refractivity contribution in [2.75, 3.05) is 0 Å². The number of aromatic nitrogens is 1. The highest BCUT2D eigenvalue weighted by Crippen LogP contribution is 2.25. The second-order valence-corrected chi connectivity index (χ2v) is 8.89. The van der Waals surface area contributed by atoms with Crippen molar-refractivity contribution in [2.45, 2.75) is 26.7 Å². The molecule has 1 aromatic heterocycles. The summed E-state index contributed by atoms with van der Waals surface area (Å²) in [6, 6.07) is 26.2. The maximum Gasteiger partial charge on any atom is 0.279 e. The second-order valence-electron chi connectivity index (χ2n) is 7.88. The lowest BCUT2D eigenvalue weighted by atomic mass is 10.0. The summed E-state index contributed by atoms with van der Waals surface area (Å²) < 4.78 is 1.56. The van der Waals surface area contributed by atoms with Crippen LogP contribution in [0.15, 0.2) is 94.7 Å². The standard InChI is InChI=1S/C27H24N2O2S/c1-18(2)21-14-9-10-16-23(21)29-25(30)17-24(22-15-8-7-11-19(22)3)32-27(29)28-26(31)20-12-5-4-6-13-20/h4-18H,1-3H3. The van der Waals surface area contributed by atoms with E-state index in [1.54, 1.807) is 34.9 Å². The van der Waals surface area contributed by atoms with E-state index in [9.17, 15) is 9.59 Å². The molecule has 0 aliphatic rings. The molecule has 0 saturated heterocycles. The van der Waals surface area contributed by atoms with Gasteiger partial charge >= 0.3 is 0 Å². The summed E-state index contributed by atoms with van der Waals surface area (Å²) in [5.41, 5.74) is 4.06. The topological polar surface area (TPSA) is 51.4 Å². The third kappa shape index (κ3) is 4.39. The minimum atomic E-state index is -0.376. The lowest BCUT2D eigenvalue weighted by Gasteiger charge is -2.15. The van der Waals surface area contributed by atoms with Crippen LogP contribution in [-0.2, 0) is 0 Å². The Hall–Kier alpha value is -3.57. The highest BCUT2D eigenvalue weighted by Gasteiger charge is 2.15. The van der Waals surface area contributed by atoms with Crippen molar-refractivity contribution in [3.63, 3.8) is 0 Å². The third-order valence-corrected chi connectivity index (χ3v) is 6.31. The number of aryl methyl sites for hydroxylation is 1. The number of rotatable bonds is 4. The van der Waals surface area contributed by atoms with Crippen LogP contribution in [0.5, 0.6) is 0 Å². The Labute approximate surface area is 191 Å². The van der Waals surface area contributed by atoms with E-state index in [1.165, 1.54) is 11.3 Å². The van der Waals surface area contributed by atoms with Crippen molar-refractivity contribution in [1.82, 2.24) is 4.57 Å². The molecule has 0 spiro atoms. The molecule has 4 rings (SSSR count). The van der Waals surface area contributed by atoms with Gasteiger partial charge in [0.05, 0.1) is 5.69 Å². The first-order chi connectivity index (χ1) is 15.5. The van der Waals surface area contributed by atoms with Crippen molar-refractivity contribution in [3.05, 3.63) is 117 Å². The van der Waals surface area contributed by atoms with Crippen molar-refractivity contribution in [3.8, 4) is 16.1 Å². The van der Waals surface area contributed by atoms with Gasteiger partial charge in [0.2, 0.25) is 4.80 Å². The van der Waals surface area contributed by atoms with Gasteiger partial charge < -0.3 is 0 Å². The largest absolute Gasteiger partial charge is 0.279 e. The minimum absolute atomic E-state index is 0.205. The summed E-state index contributed by atoms with van der Waals surface area (Å²) in [6.45, 7) is 6.18. The molecular weight excluding hydrogens is 416 g/mol. The van der Waals surface area contributed by atoms with E-state index >= 15 is 0 Å². The Morgan fingerprint density at radius 3 is 2.28 bits per heavy atom. The Morgan fingerprint density at radius 1 is 0.906 bits per heavy atom. The van der Waals surface area contributed by atoms with E-state index in [1.807, 2.05) is 61.5 Å². The number of benzene rings is 3. The molecule has 0 saturated carbocycles. The predicted octanol–water partition coefficient (Wildman–Crippen LogP) is 5.74. The molecule has 5 heteroatoms. The Balaban J connectivity index is 2.02. The number of amides is 1. The van der Waals surface area contributed by atoms with E-state index < -0.39 is 0 Å². The molecule has 160 valence electrons. The van der Waals surface area contributed by atoms with Crippen LogP contribution < -0.4 is 10.4 Å². The SMILES string of the molecule is Cc1ccccc1-c1cc(=O)n(-c2ccccc2C(C)C)c(=NC(=O)c2ccccc2)s1. The zero-order valence-corrected chi connectivity index (χ0v) is 19.1. The summed E-state index contributed by atoms with van der Waals surface area (Å²) in [5.74, 6) is -0.171. The molecule has 1 heterocycles. The molecule has 4 nitrogen and oxygen atoms in total. The molecule has 0 aliphatic heterocycles.